The molecule has 2 aliphatic rings. The molecule has 4 nitrogen and oxygen atoms in total. The van der Waals surface area contributed by atoms with Gasteiger partial charge in [-0.15, -0.1) is 0 Å². The van der Waals surface area contributed by atoms with E-state index in [1.165, 1.54) is 5.56 Å². The predicted octanol–water partition coefficient (Wildman–Crippen LogP) is 7.20. The number of benzene rings is 3. The van der Waals surface area contributed by atoms with Crippen molar-refractivity contribution in [2.24, 2.45) is 0 Å². The van der Waals surface area contributed by atoms with E-state index in [9.17, 15) is 17.6 Å². The van der Waals surface area contributed by atoms with Crippen molar-refractivity contribution in [1.82, 2.24) is 9.80 Å². The Hall–Kier alpha value is -2.78. The highest BCUT2D eigenvalue weighted by molar-refractivity contribution is 5.28. The van der Waals surface area contributed by atoms with E-state index < -0.39 is 30.0 Å². The van der Waals surface area contributed by atoms with Gasteiger partial charge in [-0.3, -0.25) is 4.90 Å². The molecule has 40 heavy (non-hydrogen) atoms. The zero-order valence-corrected chi connectivity index (χ0v) is 22.7. The highest BCUT2D eigenvalue weighted by Gasteiger charge is 2.37. The van der Waals surface area contributed by atoms with Crippen LogP contribution in [0.25, 0.3) is 0 Å². The van der Waals surface area contributed by atoms with Crippen LogP contribution < -0.4 is 0 Å². The molecule has 2 fully saturated rings. The lowest BCUT2D eigenvalue weighted by Crippen LogP contribution is -2.49. The maximum absolute atomic E-state index is 14.1. The summed E-state index contributed by atoms with van der Waals surface area (Å²) in [5.41, 5.74) is 1.52. The van der Waals surface area contributed by atoms with Crippen molar-refractivity contribution in [3.8, 4) is 0 Å². The summed E-state index contributed by atoms with van der Waals surface area (Å²) >= 11 is 0. The number of hydrogen-bond donors (Lipinski definition) is 0. The van der Waals surface area contributed by atoms with E-state index in [-0.39, 0.29) is 11.6 Å². The van der Waals surface area contributed by atoms with Crippen molar-refractivity contribution >= 4 is 0 Å². The quantitative estimate of drug-likeness (QED) is 0.274. The van der Waals surface area contributed by atoms with Crippen LogP contribution in [0.2, 0.25) is 0 Å². The third kappa shape index (κ3) is 7.10. The van der Waals surface area contributed by atoms with Gasteiger partial charge in [0.25, 0.3) is 0 Å². The van der Waals surface area contributed by atoms with Crippen LogP contribution in [0.5, 0.6) is 0 Å². The molecule has 8 heteroatoms. The summed E-state index contributed by atoms with van der Waals surface area (Å²) < 4.78 is 66.3. The lowest BCUT2D eigenvalue weighted by Gasteiger charge is -2.43. The largest absolute Gasteiger partial charge is 0.416 e. The molecule has 0 aliphatic carbocycles. The van der Waals surface area contributed by atoms with Crippen molar-refractivity contribution in [3.63, 3.8) is 0 Å². The summed E-state index contributed by atoms with van der Waals surface area (Å²) in [5.74, 6) is -0.347. The smallest absolute Gasteiger partial charge is 0.349 e. The lowest BCUT2D eigenvalue weighted by atomic mass is 9.89. The molecule has 3 atom stereocenters. The van der Waals surface area contributed by atoms with Gasteiger partial charge in [-0.2, -0.15) is 13.2 Å². The van der Waals surface area contributed by atoms with Gasteiger partial charge in [0.2, 0.25) is 0 Å². The number of halogens is 4. The molecule has 2 unspecified atom stereocenters. The molecule has 0 spiro atoms. The van der Waals surface area contributed by atoms with Gasteiger partial charge in [-0.05, 0) is 73.7 Å². The monoisotopic (exact) mass is 556 g/mol. The summed E-state index contributed by atoms with van der Waals surface area (Å²) in [6, 6.07) is 22.9. The second-order valence-corrected chi connectivity index (χ2v) is 10.7. The predicted molar refractivity (Wildman–Crippen MR) is 146 cm³/mol. The van der Waals surface area contributed by atoms with Crippen molar-refractivity contribution < 1.29 is 27.0 Å². The number of rotatable bonds is 8. The highest BCUT2D eigenvalue weighted by atomic mass is 19.4. The minimum absolute atomic E-state index is 0.126. The molecule has 0 amide bonds. The fourth-order valence-electron chi connectivity index (χ4n) is 5.85. The van der Waals surface area contributed by atoms with Crippen molar-refractivity contribution in [2.75, 3.05) is 39.3 Å². The molecule has 5 rings (SSSR count). The summed E-state index contributed by atoms with van der Waals surface area (Å²) in [6.45, 7) is 6.59. The van der Waals surface area contributed by atoms with E-state index in [1.54, 1.807) is 6.92 Å². The maximum Gasteiger partial charge on any atom is 0.416 e. The molecule has 2 heterocycles. The van der Waals surface area contributed by atoms with Gasteiger partial charge in [0.15, 0.2) is 6.29 Å². The van der Waals surface area contributed by atoms with Crippen LogP contribution in [-0.2, 0) is 15.7 Å². The SMILES string of the molecule is C[C@@H](OC1OCCN(CCN2CCC(c3ccccc3)CC2)C1c1ccccc1)c1cc(F)cc(C(F)(F)F)c1. The first-order chi connectivity index (χ1) is 19.3. The topological polar surface area (TPSA) is 24.9 Å². The molecule has 0 N–H and O–H groups in total. The van der Waals surface area contributed by atoms with E-state index in [4.69, 9.17) is 9.47 Å². The molecule has 214 valence electrons. The minimum Gasteiger partial charge on any atom is -0.349 e. The van der Waals surface area contributed by atoms with Crippen molar-refractivity contribution in [2.45, 2.75) is 50.3 Å². The van der Waals surface area contributed by atoms with Crippen molar-refractivity contribution in [3.05, 3.63) is 107 Å². The molecule has 0 radical (unpaired) electrons. The number of morpholine rings is 1. The Bertz CT molecular complexity index is 1220. The van der Waals surface area contributed by atoms with Gasteiger partial charge < -0.3 is 14.4 Å². The summed E-state index contributed by atoms with van der Waals surface area (Å²) in [6.07, 6.45) is -3.90. The Morgan fingerprint density at radius 1 is 0.875 bits per heavy atom. The fraction of sp³-hybridized carbons (Fsp3) is 0.438. The lowest BCUT2D eigenvalue weighted by molar-refractivity contribution is -0.230. The first kappa shape index (κ1) is 28.7. The minimum atomic E-state index is -4.64. The molecular weight excluding hydrogens is 520 g/mol. The molecule has 0 saturated carbocycles. The highest BCUT2D eigenvalue weighted by Crippen LogP contribution is 2.36. The van der Waals surface area contributed by atoms with Gasteiger partial charge in [0.1, 0.15) is 5.82 Å². The van der Waals surface area contributed by atoms with Gasteiger partial charge in [-0.25, -0.2) is 4.39 Å². The zero-order valence-electron chi connectivity index (χ0n) is 22.7. The van der Waals surface area contributed by atoms with Crippen LogP contribution in [-0.4, -0.2) is 55.4 Å². The average molecular weight is 557 g/mol. The average Bonchev–Trinajstić information content (AvgIpc) is 2.96. The third-order valence-electron chi connectivity index (χ3n) is 8.07. The Kier molecular flexibility index (Phi) is 9.20. The van der Waals surface area contributed by atoms with Crippen LogP contribution >= 0.6 is 0 Å². The molecule has 3 aromatic carbocycles. The number of ether oxygens (including phenoxy) is 2. The molecule has 0 bridgehead atoms. The van der Waals surface area contributed by atoms with Crippen molar-refractivity contribution in [1.29, 1.82) is 0 Å². The second kappa shape index (κ2) is 12.8. The maximum atomic E-state index is 14.1. The second-order valence-electron chi connectivity index (χ2n) is 10.7. The standard InChI is InChI=1S/C32H36F4N2O2/c1-23(27-20-28(32(34,35)36)22-29(33)21-27)40-31-30(26-10-6-3-7-11-26)38(18-19-39-31)17-16-37-14-12-25(13-15-37)24-8-4-2-5-9-24/h2-11,20-23,25,30-31H,12-19H2,1H3/t23-,30?,31?/m1/s1. The summed E-state index contributed by atoms with van der Waals surface area (Å²) in [5, 5.41) is 0. The van der Waals surface area contributed by atoms with E-state index in [2.05, 4.69) is 40.1 Å². The van der Waals surface area contributed by atoms with E-state index in [0.29, 0.717) is 25.1 Å². The molecule has 2 saturated heterocycles. The van der Waals surface area contributed by atoms with Crippen LogP contribution in [0, 0.1) is 5.82 Å². The molecular formula is C32H36F4N2O2. The molecule has 0 aromatic heterocycles. The molecule has 3 aromatic rings. The number of alkyl halides is 3. The third-order valence-corrected chi connectivity index (χ3v) is 8.07. The number of likely N-dealkylation sites (tertiary alicyclic amines) is 1. The first-order valence-corrected chi connectivity index (χ1v) is 14.0. The van der Waals surface area contributed by atoms with Crippen LogP contribution in [0.1, 0.15) is 60.1 Å². The van der Waals surface area contributed by atoms with Gasteiger partial charge >= 0.3 is 6.18 Å². The van der Waals surface area contributed by atoms with Crippen LogP contribution in [0.3, 0.4) is 0 Å². The van der Waals surface area contributed by atoms with E-state index in [0.717, 1.165) is 56.7 Å². The van der Waals surface area contributed by atoms with Crippen LogP contribution in [0.15, 0.2) is 78.9 Å². The van der Waals surface area contributed by atoms with Gasteiger partial charge in [-0.1, -0.05) is 60.7 Å². The summed E-state index contributed by atoms with van der Waals surface area (Å²) in [7, 11) is 0. The van der Waals surface area contributed by atoms with E-state index in [1.807, 2.05) is 30.3 Å². The number of piperidine rings is 1. The Balaban J connectivity index is 1.26. The van der Waals surface area contributed by atoms with Crippen LogP contribution in [0.4, 0.5) is 17.6 Å². The fourth-order valence-corrected chi connectivity index (χ4v) is 5.85. The first-order valence-electron chi connectivity index (χ1n) is 14.0. The van der Waals surface area contributed by atoms with Gasteiger partial charge in [0.05, 0.1) is 24.3 Å². The Morgan fingerprint density at radius 3 is 2.17 bits per heavy atom. The van der Waals surface area contributed by atoms with E-state index >= 15 is 0 Å². The summed E-state index contributed by atoms with van der Waals surface area (Å²) in [4.78, 5) is 4.84. The normalized spacial score (nSPS) is 22.3. The van der Waals surface area contributed by atoms with Gasteiger partial charge in [0, 0.05) is 19.6 Å². The molecule has 2 aliphatic heterocycles. The number of hydrogen-bond acceptors (Lipinski definition) is 4. The Morgan fingerprint density at radius 2 is 1.52 bits per heavy atom. The Labute approximate surface area is 233 Å². The zero-order chi connectivity index (χ0) is 28.1. The number of nitrogens with zero attached hydrogens (tertiary/aromatic N) is 2.